The van der Waals surface area contributed by atoms with Crippen LogP contribution in [0.3, 0.4) is 0 Å². The molecule has 2 heterocycles. The molecule has 1 amide bonds. The second-order valence-electron chi connectivity index (χ2n) is 7.86. The van der Waals surface area contributed by atoms with Gasteiger partial charge in [0.2, 0.25) is 23.2 Å². The summed E-state index contributed by atoms with van der Waals surface area (Å²) < 4.78 is 15.9. The average Bonchev–Trinajstić information content (AvgIpc) is 3.20. The van der Waals surface area contributed by atoms with Crippen LogP contribution in [0.4, 0.5) is 5.88 Å². The van der Waals surface area contributed by atoms with E-state index in [4.69, 9.17) is 13.9 Å². The van der Waals surface area contributed by atoms with Crippen molar-refractivity contribution in [3.63, 3.8) is 0 Å². The number of methoxy groups -OCH3 is 2. The summed E-state index contributed by atoms with van der Waals surface area (Å²) in [7, 11) is 3.01. The third kappa shape index (κ3) is 5.44. The van der Waals surface area contributed by atoms with Gasteiger partial charge in [0, 0.05) is 32.5 Å². The Bertz CT molecular complexity index is 948. The molecule has 0 saturated carbocycles. The number of unbranched alkanes of at least 4 members (excludes halogenated alkanes) is 1. The van der Waals surface area contributed by atoms with E-state index in [0.29, 0.717) is 61.4 Å². The largest absolute Gasteiger partial charge is 0.502 e. The molecular weight excluding hydrogens is 412 g/mol. The van der Waals surface area contributed by atoms with Gasteiger partial charge in [-0.1, -0.05) is 0 Å². The second-order valence-corrected chi connectivity index (χ2v) is 7.86. The Morgan fingerprint density at radius 3 is 2.53 bits per heavy atom. The molecular formula is C23H30N4O5. The number of benzene rings is 1. The highest BCUT2D eigenvalue weighted by Crippen LogP contribution is 2.37. The Hall–Kier alpha value is -3.41. The van der Waals surface area contributed by atoms with E-state index in [2.05, 4.69) is 16.4 Å². The van der Waals surface area contributed by atoms with Crippen LogP contribution in [0.25, 0.3) is 0 Å². The van der Waals surface area contributed by atoms with Crippen molar-refractivity contribution in [2.75, 3.05) is 38.8 Å². The molecule has 172 valence electrons. The molecule has 2 N–H and O–H groups in total. The van der Waals surface area contributed by atoms with Crippen molar-refractivity contribution < 1.29 is 23.8 Å². The number of hydrogen-bond acceptors (Lipinski definition) is 8. The zero-order valence-corrected chi connectivity index (χ0v) is 18.8. The van der Waals surface area contributed by atoms with Gasteiger partial charge in [-0.3, -0.25) is 4.79 Å². The molecule has 0 radical (unpaired) electrons. The normalized spacial score (nSPS) is 14.1. The molecule has 1 saturated heterocycles. The molecule has 3 rings (SSSR count). The summed E-state index contributed by atoms with van der Waals surface area (Å²) in [6, 6.07) is 5.67. The molecule has 1 aliphatic heterocycles. The Morgan fingerprint density at radius 2 is 1.94 bits per heavy atom. The topological polar surface area (TPSA) is 121 Å². The van der Waals surface area contributed by atoms with Gasteiger partial charge in [0.1, 0.15) is 6.07 Å². The number of carbonyl (C=O) groups is 1. The van der Waals surface area contributed by atoms with E-state index in [-0.39, 0.29) is 17.6 Å². The number of nitrogens with one attached hydrogen (secondary N) is 1. The molecule has 9 heteroatoms. The maximum atomic E-state index is 12.5. The number of nitriles is 1. The molecule has 0 aliphatic carbocycles. The van der Waals surface area contributed by atoms with E-state index in [1.807, 2.05) is 4.90 Å². The first-order valence-electron chi connectivity index (χ1n) is 10.8. The van der Waals surface area contributed by atoms with E-state index in [9.17, 15) is 15.2 Å². The smallest absolute Gasteiger partial charge is 0.234 e. The van der Waals surface area contributed by atoms with Crippen LogP contribution < -0.4 is 19.7 Å². The summed E-state index contributed by atoms with van der Waals surface area (Å²) in [5.74, 6) is 1.80. The van der Waals surface area contributed by atoms with Crippen molar-refractivity contribution in [3.8, 4) is 23.3 Å². The number of aryl methyl sites for hydroxylation is 2. The van der Waals surface area contributed by atoms with Crippen LogP contribution >= 0.6 is 0 Å². The lowest BCUT2D eigenvalue weighted by atomic mass is 9.96. The molecule has 0 atom stereocenters. The van der Waals surface area contributed by atoms with E-state index in [1.165, 1.54) is 14.2 Å². The predicted octanol–water partition coefficient (Wildman–Crippen LogP) is 2.93. The molecule has 9 nitrogen and oxygen atoms in total. The number of nitrogens with zero attached hydrogens (tertiary/aromatic N) is 3. The van der Waals surface area contributed by atoms with Crippen LogP contribution in [0.15, 0.2) is 16.5 Å². The zero-order valence-electron chi connectivity index (χ0n) is 18.8. The van der Waals surface area contributed by atoms with Gasteiger partial charge >= 0.3 is 0 Å². The highest BCUT2D eigenvalue weighted by Gasteiger charge is 2.28. The average molecular weight is 443 g/mol. The fourth-order valence-electron chi connectivity index (χ4n) is 3.95. The summed E-state index contributed by atoms with van der Waals surface area (Å²) in [6.07, 6.45) is 3.95. The monoisotopic (exact) mass is 442 g/mol. The third-order valence-electron chi connectivity index (χ3n) is 5.71. The van der Waals surface area contributed by atoms with Crippen LogP contribution in [0, 0.1) is 24.2 Å². The van der Waals surface area contributed by atoms with Gasteiger partial charge in [-0.25, -0.2) is 4.98 Å². The summed E-state index contributed by atoms with van der Waals surface area (Å²) in [5, 5.41) is 22.2. The number of aromatic hydroxyl groups is 1. The minimum absolute atomic E-state index is 0.000599. The van der Waals surface area contributed by atoms with Gasteiger partial charge in [0.25, 0.3) is 0 Å². The number of phenolic OH excluding ortho intramolecular Hbond substituents is 1. The molecule has 32 heavy (non-hydrogen) atoms. The minimum Gasteiger partial charge on any atom is -0.502 e. The summed E-state index contributed by atoms with van der Waals surface area (Å²) in [5.41, 5.74) is 1.31. The fourth-order valence-corrected chi connectivity index (χ4v) is 3.95. The Labute approximate surface area is 187 Å². The fraction of sp³-hybridized carbons (Fsp3) is 0.522. The van der Waals surface area contributed by atoms with Crippen molar-refractivity contribution in [2.24, 2.45) is 5.92 Å². The maximum absolute atomic E-state index is 12.5. The van der Waals surface area contributed by atoms with E-state index in [0.717, 1.165) is 24.8 Å². The number of phenols is 1. The summed E-state index contributed by atoms with van der Waals surface area (Å²) >= 11 is 0. The quantitative estimate of drug-likeness (QED) is 0.569. The molecule has 1 fully saturated rings. The zero-order chi connectivity index (χ0) is 23.1. The standard InChI is InChI=1S/C23H30N4O5/c1-15-26-18(14-24)23(32-15)27-10-7-17(8-11-27)22(29)25-9-5-4-6-16-12-19(30-2)21(28)20(13-16)31-3/h12-13,17,28H,4-11H2,1-3H3,(H,25,29). The van der Waals surface area contributed by atoms with Crippen molar-refractivity contribution in [1.82, 2.24) is 10.3 Å². The third-order valence-corrected chi connectivity index (χ3v) is 5.71. The number of hydrogen-bond donors (Lipinski definition) is 2. The Morgan fingerprint density at radius 1 is 1.28 bits per heavy atom. The van der Waals surface area contributed by atoms with Crippen LogP contribution in [0.2, 0.25) is 0 Å². The van der Waals surface area contributed by atoms with Crippen LogP contribution in [0.1, 0.15) is 42.8 Å². The van der Waals surface area contributed by atoms with Crippen molar-refractivity contribution in [2.45, 2.75) is 39.0 Å². The number of aromatic nitrogens is 1. The number of oxazole rings is 1. The number of amides is 1. The van der Waals surface area contributed by atoms with E-state index >= 15 is 0 Å². The highest BCUT2D eigenvalue weighted by molar-refractivity contribution is 5.79. The molecule has 1 aromatic heterocycles. The van der Waals surface area contributed by atoms with Crippen molar-refractivity contribution in [1.29, 1.82) is 5.26 Å². The van der Waals surface area contributed by atoms with Crippen LogP contribution in [-0.2, 0) is 11.2 Å². The van der Waals surface area contributed by atoms with Gasteiger partial charge in [0.05, 0.1) is 14.2 Å². The number of carbonyl (C=O) groups excluding carboxylic acids is 1. The Balaban J connectivity index is 1.39. The van der Waals surface area contributed by atoms with Gasteiger partial charge in [-0.05, 0) is 49.8 Å². The van der Waals surface area contributed by atoms with E-state index < -0.39 is 0 Å². The Kier molecular flexibility index (Phi) is 7.82. The minimum atomic E-state index is -0.0357. The summed E-state index contributed by atoms with van der Waals surface area (Å²) in [4.78, 5) is 18.6. The van der Waals surface area contributed by atoms with Crippen molar-refractivity contribution >= 4 is 11.8 Å². The maximum Gasteiger partial charge on any atom is 0.234 e. The number of piperidine rings is 1. The second kappa shape index (κ2) is 10.8. The number of anilines is 1. The van der Waals surface area contributed by atoms with E-state index in [1.54, 1.807) is 19.1 Å². The lowest BCUT2D eigenvalue weighted by molar-refractivity contribution is -0.125. The van der Waals surface area contributed by atoms with Crippen molar-refractivity contribution in [3.05, 3.63) is 29.3 Å². The van der Waals surface area contributed by atoms with Gasteiger partial charge < -0.3 is 29.2 Å². The highest BCUT2D eigenvalue weighted by atomic mass is 16.5. The van der Waals surface area contributed by atoms with Gasteiger partial charge in [-0.15, -0.1) is 0 Å². The SMILES string of the molecule is COc1cc(CCCCNC(=O)C2CCN(c3oc(C)nc3C#N)CC2)cc(OC)c1O. The lowest BCUT2D eigenvalue weighted by Crippen LogP contribution is -2.41. The molecule has 0 bridgehead atoms. The number of ether oxygens (including phenoxy) is 2. The molecule has 1 aromatic carbocycles. The van der Waals surface area contributed by atoms with Crippen LogP contribution in [-0.4, -0.2) is 49.9 Å². The first-order valence-corrected chi connectivity index (χ1v) is 10.8. The molecule has 2 aromatic rings. The first-order chi connectivity index (χ1) is 15.5. The molecule has 0 unspecified atom stereocenters. The van der Waals surface area contributed by atoms with Crippen LogP contribution in [0.5, 0.6) is 17.2 Å². The predicted molar refractivity (Wildman–Crippen MR) is 118 cm³/mol. The lowest BCUT2D eigenvalue weighted by Gasteiger charge is -2.31. The first kappa shape index (κ1) is 23.3. The number of rotatable bonds is 9. The molecule has 0 spiro atoms. The summed E-state index contributed by atoms with van der Waals surface area (Å²) in [6.45, 7) is 3.66. The van der Waals surface area contributed by atoms with Gasteiger partial charge in [-0.2, -0.15) is 5.26 Å². The molecule has 1 aliphatic rings. The van der Waals surface area contributed by atoms with Gasteiger partial charge in [0.15, 0.2) is 17.4 Å².